The summed E-state index contributed by atoms with van der Waals surface area (Å²) in [4.78, 5) is 11.9. The van der Waals surface area contributed by atoms with Crippen molar-refractivity contribution in [2.24, 2.45) is 11.7 Å². The molecule has 4 nitrogen and oxygen atoms in total. The molecule has 0 saturated carbocycles. The molecule has 0 aliphatic rings. The number of amides is 1. The summed E-state index contributed by atoms with van der Waals surface area (Å²) in [7, 11) is 0. The number of benzene rings is 1. The summed E-state index contributed by atoms with van der Waals surface area (Å²) in [6.07, 6.45) is 0.503. The van der Waals surface area contributed by atoms with Crippen LogP contribution >= 0.6 is 0 Å². The van der Waals surface area contributed by atoms with Gasteiger partial charge in [-0.3, -0.25) is 4.79 Å². The highest BCUT2D eigenvalue weighted by Crippen LogP contribution is 2.04. The summed E-state index contributed by atoms with van der Waals surface area (Å²) in [5.41, 5.74) is 6.89. The lowest BCUT2D eigenvalue weighted by atomic mass is 10.0. The predicted octanol–water partition coefficient (Wildman–Crippen LogP) is 0.690. The minimum atomic E-state index is -0.583. The van der Waals surface area contributed by atoms with Crippen molar-refractivity contribution in [3.8, 4) is 0 Å². The first-order valence-electron chi connectivity index (χ1n) is 6.25. The Morgan fingerprint density at radius 3 is 2.44 bits per heavy atom. The first kappa shape index (κ1) is 14.7. The monoisotopic (exact) mass is 250 g/mol. The van der Waals surface area contributed by atoms with Crippen molar-refractivity contribution >= 4 is 5.91 Å². The number of aliphatic hydroxyl groups is 1. The van der Waals surface area contributed by atoms with Crippen LogP contribution in [0.4, 0.5) is 0 Å². The quantitative estimate of drug-likeness (QED) is 0.695. The van der Waals surface area contributed by atoms with E-state index in [9.17, 15) is 4.79 Å². The maximum Gasteiger partial charge on any atom is 0.237 e. The molecule has 4 N–H and O–H groups in total. The standard InChI is InChI=1S/C14H22N2O2/c1-10(2)13(9-17)16-14(18)12(15)8-11-6-4-3-5-7-11/h3-7,10,12-13,17H,8-9,15H2,1-2H3,(H,16,18)/t12-,13+/m0/s1. The number of nitrogens with two attached hydrogens (primary N) is 1. The molecule has 0 aromatic heterocycles. The smallest absolute Gasteiger partial charge is 0.237 e. The Hall–Kier alpha value is -1.39. The summed E-state index contributed by atoms with van der Waals surface area (Å²) in [6.45, 7) is 3.83. The van der Waals surface area contributed by atoms with Gasteiger partial charge in [0.1, 0.15) is 0 Å². The van der Waals surface area contributed by atoms with Crippen molar-refractivity contribution in [3.05, 3.63) is 35.9 Å². The van der Waals surface area contributed by atoms with Crippen molar-refractivity contribution in [1.82, 2.24) is 5.32 Å². The summed E-state index contributed by atoms with van der Waals surface area (Å²) >= 11 is 0. The molecule has 0 aliphatic carbocycles. The lowest BCUT2D eigenvalue weighted by Gasteiger charge is -2.22. The highest BCUT2D eigenvalue weighted by Gasteiger charge is 2.19. The van der Waals surface area contributed by atoms with E-state index in [0.717, 1.165) is 5.56 Å². The molecule has 1 aromatic rings. The second kappa shape index (κ2) is 7.13. The maximum atomic E-state index is 11.9. The van der Waals surface area contributed by atoms with Crippen molar-refractivity contribution in [1.29, 1.82) is 0 Å². The van der Waals surface area contributed by atoms with Gasteiger partial charge in [0.05, 0.1) is 18.7 Å². The third-order valence-electron chi connectivity index (χ3n) is 2.96. The van der Waals surface area contributed by atoms with Crippen LogP contribution in [0.2, 0.25) is 0 Å². The van der Waals surface area contributed by atoms with Crippen LogP contribution in [0.1, 0.15) is 19.4 Å². The molecule has 1 aromatic carbocycles. The Morgan fingerprint density at radius 2 is 1.94 bits per heavy atom. The fourth-order valence-electron chi connectivity index (χ4n) is 1.67. The molecule has 0 unspecified atom stereocenters. The molecule has 0 aliphatic heterocycles. The number of aliphatic hydroxyl groups excluding tert-OH is 1. The third-order valence-corrected chi connectivity index (χ3v) is 2.96. The van der Waals surface area contributed by atoms with Gasteiger partial charge in [-0.25, -0.2) is 0 Å². The Bertz CT molecular complexity index is 365. The number of carbonyl (C=O) groups is 1. The van der Waals surface area contributed by atoms with Gasteiger partial charge in [0.15, 0.2) is 0 Å². The van der Waals surface area contributed by atoms with E-state index in [-0.39, 0.29) is 24.5 Å². The summed E-state index contributed by atoms with van der Waals surface area (Å²) in [5.74, 6) is -0.0329. The maximum absolute atomic E-state index is 11.9. The molecule has 0 fully saturated rings. The second-order valence-electron chi connectivity index (χ2n) is 4.84. The second-order valence-corrected chi connectivity index (χ2v) is 4.84. The van der Waals surface area contributed by atoms with E-state index in [1.54, 1.807) is 0 Å². The number of hydrogen-bond donors (Lipinski definition) is 3. The van der Waals surface area contributed by atoms with Gasteiger partial charge in [0, 0.05) is 0 Å². The molecule has 18 heavy (non-hydrogen) atoms. The van der Waals surface area contributed by atoms with Gasteiger partial charge in [-0.2, -0.15) is 0 Å². The van der Waals surface area contributed by atoms with Crippen molar-refractivity contribution in [3.63, 3.8) is 0 Å². The number of carbonyl (C=O) groups excluding carboxylic acids is 1. The molecule has 0 saturated heterocycles. The first-order valence-corrected chi connectivity index (χ1v) is 6.25. The average Bonchev–Trinajstić information content (AvgIpc) is 2.36. The molecule has 1 amide bonds. The fraction of sp³-hybridized carbons (Fsp3) is 0.500. The normalized spacial score (nSPS) is 14.3. The Kier molecular flexibility index (Phi) is 5.82. The lowest BCUT2D eigenvalue weighted by Crippen LogP contribution is -2.49. The fourth-order valence-corrected chi connectivity index (χ4v) is 1.67. The van der Waals surface area contributed by atoms with Gasteiger partial charge in [-0.15, -0.1) is 0 Å². The van der Waals surface area contributed by atoms with Crippen molar-refractivity contribution < 1.29 is 9.90 Å². The van der Waals surface area contributed by atoms with Crippen LogP contribution in [0.3, 0.4) is 0 Å². The topological polar surface area (TPSA) is 75.3 Å². The van der Waals surface area contributed by atoms with E-state index in [4.69, 9.17) is 10.8 Å². The molecule has 0 radical (unpaired) electrons. The molecular formula is C14H22N2O2. The lowest BCUT2D eigenvalue weighted by molar-refractivity contribution is -0.123. The SMILES string of the molecule is CC(C)[C@@H](CO)NC(=O)[C@@H](N)Cc1ccccc1. The van der Waals surface area contributed by atoms with Crippen molar-refractivity contribution in [2.45, 2.75) is 32.4 Å². The Balaban J connectivity index is 2.51. The predicted molar refractivity (Wildman–Crippen MR) is 72.0 cm³/mol. The number of rotatable bonds is 6. The molecule has 4 heteroatoms. The molecule has 1 rings (SSSR count). The van der Waals surface area contributed by atoms with Gasteiger partial charge in [-0.1, -0.05) is 44.2 Å². The minimum absolute atomic E-state index is 0.0680. The molecule has 0 bridgehead atoms. The highest BCUT2D eigenvalue weighted by molar-refractivity contribution is 5.82. The number of nitrogens with one attached hydrogen (secondary N) is 1. The van der Waals surface area contributed by atoms with Gasteiger partial charge >= 0.3 is 0 Å². The van der Waals surface area contributed by atoms with E-state index in [1.807, 2.05) is 44.2 Å². The molecular weight excluding hydrogens is 228 g/mol. The van der Waals surface area contributed by atoms with E-state index in [2.05, 4.69) is 5.32 Å². The zero-order valence-corrected chi connectivity index (χ0v) is 11.0. The van der Waals surface area contributed by atoms with E-state index in [0.29, 0.717) is 6.42 Å². The van der Waals surface area contributed by atoms with Crippen LogP contribution in [0.25, 0.3) is 0 Å². The van der Waals surface area contributed by atoms with Gasteiger partial charge in [-0.05, 0) is 17.9 Å². The average molecular weight is 250 g/mol. The summed E-state index contributed by atoms with van der Waals surface area (Å²) in [5, 5.41) is 11.9. The van der Waals surface area contributed by atoms with E-state index >= 15 is 0 Å². The number of hydrogen-bond acceptors (Lipinski definition) is 3. The Morgan fingerprint density at radius 1 is 1.33 bits per heavy atom. The van der Waals surface area contributed by atoms with Gasteiger partial charge < -0.3 is 16.2 Å². The van der Waals surface area contributed by atoms with Crippen LogP contribution in [0.15, 0.2) is 30.3 Å². The molecule has 2 atom stereocenters. The molecule has 0 spiro atoms. The van der Waals surface area contributed by atoms with Crippen LogP contribution in [-0.2, 0) is 11.2 Å². The van der Waals surface area contributed by atoms with E-state index in [1.165, 1.54) is 0 Å². The summed E-state index contributed by atoms with van der Waals surface area (Å²) < 4.78 is 0. The van der Waals surface area contributed by atoms with Gasteiger partial charge in [0.25, 0.3) is 0 Å². The zero-order valence-electron chi connectivity index (χ0n) is 11.0. The van der Waals surface area contributed by atoms with Crippen LogP contribution in [0, 0.1) is 5.92 Å². The van der Waals surface area contributed by atoms with Crippen molar-refractivity contribution in [2.75, 3.05) is 6.61 Å². The van der Waals surface area contributed by atoms with Crippen LogP contribution < -0.4 is 11.1 Å². The molecule has 0 heterocycles. The Labute approximate surface area is 108 Å². The highest BCUT2D eigenvalue weighted by atomic mass is 16.3. The van der Waals surface area contributed by atoms with Crippen LogP contribution in [-0.4, -0.2) is 29.7 Å². The zero-order chi connectivity index (χ0) is 13.5. The van der Waals surface area contributed by atoms with Crippen LogP contribution in [0.5, 0.6) is 0 Å². The minimum Gasteiger partial charge on any atom is -0.394 e. The largest absolute Gasteiger partial charge is 0.394 e. The third kappa shape index (κ3) is 4.47. The van der Waals surface area contributed by atoms with Gasteiger partial charge in [0.2, 0.25) is 5.91 Å². The molecule has 100 valence electrons. The van der Waals surface area contributed by atoms with E-state index < -0.39 is 6.04 Å². The first-order chi connectivity index (χ1) is 8.54. The summed E-state index contributed by atoms with van der Waals surface area (Å²) in [6, 6.07) is 8.84.